The van der Waals surface area contributed by atoms with Crippen molar-refractivity contribution in [3.05, 3.63) is 16.4 Å². The summed E-state index contributed by atoms with van der Waals surface area (Å²) in [6.07, 6.45) is 0.508. The second-order valence-electron chi connectivity index (χ2n) is 2.19. The summed E-state index contributed by atoms with van der Waals surface area (Å²) in [5.74, 6) is 4.92. The van der Waals surface area contributed by atoms with Gasteiger partial charge in [-0.15, -0.1) is 0 Å². The maximum atomic E-state index is 10.5. The predicted molar refractivity (Wildman–Crippen MR) is 48.8 cm³/mol. The minimum absolute atomic E-state index is 0.339. The topological polar surface area (TPSA) is 109 Å². The summed E-state index contributed by atoms with van der Waals surface area (Å²) in [5, 5.41) is 6.58. The summed E-state index contributed by atoms with van der Waals surface area (Å²) < 4.78 is 4.29. The summed E-state index contributed by atoms with van der Waals surface area (Å²) in [7, 11) is 0. The molecule has 0 aliphatic carbocycles. The lowest BCUT2D eigenvalue weighted by molar-refractivity contribution is 0.381. The molecule has 0 saturated heterocycles. The third-order valence-corrected chi connectivity index (χ3v) is 1.53. The van der Waals surface area contributed by atoms with Crippen LogP contribution in [0.4, 0.5) is 0 Å². The van der Waals surface area contributed by atoms with Gasteiger partial charge >= 0.3 is 5.76 Å². The second kappa shape index (κ2) is 4.58. The number of aromatic nitrogens is 2. The van der Waals surface area contributed by atoms with Gasteiger partial charge in [0.1, 0.15) is 0 Å². The number of hydrazine groups is 1. The third kappa shape index (κ3) is 3.22. The van der Waals surface area contributed by atoms with Gasteiger partial charge in [0.25, 0.3) is 0 Å². The van der Waals surface area contributed by atoms with E-state index in [0.29, 0.717) is 23.9 Å². The van der Waals surface area contributed by atoms with Crippen LogP contribution in [-0.4, -0.2) is 21.8 Å². The van der Waals surface area contributed by atoms with Crippen LogP contribution in [-0.2, 0) is 6.42 Å². The molecule has 0 unspecified atom stereocenters. The molecule has 1 rings (SSSR count). The zero-order valence-corrected chi connectivity index (χ0v) is 7.48. The molecular weight excluding hydrogens is 194 g/mol. The van der Waals surface area contributed by atoms with Crippen molar-refractivity contribution >= 4 is 17.3 Å². The van der Waals surface area contributed by atoms with E-state index in [2.05, 4.69) is 25.4 Å². The number of nitrogens with zero attached hydrogens (tertiary/aromatic N) is 1. The number of rotatable bonds is 3. The summed E-state index contributed by atoms with van der Waals surface area (Å²) in [5.41, 5.74) is 2.26. The quantitative estimate of drug-likeness (QED) is 0.262. The molecule has 1 heterocycles. The van der Waals surface area contributed by atoms with Crippen LogP contribution in [0, 0.1) is 0 Å². The van der Waals surface area contributed by atoms with Gasteiger partial charge in [-0.05, 0) is 12.2 Å². The Balaban J connectivity index is 2.28. The van der Waals surface area contributed by atoms with Gasteiger partial charge in [-0.3, -0.25) is 9.51 Å². The van der Waals surface area contributed by atoms with Crippen LogP contribution < -0.4 is 22.3 Å². The van der Waals surface area contributed by atoms with Gasteiger partial charge in [0, 0.05) is 13.0 Å². The third-order valence-electron chi connectivity index (χ3n) is 1.26. The van der Waals surface area contributed by atoms with Crippen molar-refractivity contribution in [3.8, 4) is 0 Å². The largest absolute Gasteiger partial charge is 0.438 e. The number of hydrogen-bond acceptors (Lipinski definition) is 5. The Bertz CT molecular complexity index is 332. The van der Waals surface area contributed by atoms with E-state index in [1.807, 2.05) is 0 Å². The lowest BCUT2D eigenvalue weighted by Crippen LogP contribution is -2.40. The Morgan fingerprint density at radius 3 is 3.08 bits per heavy atom. The molecule has 8 heteroatoms. The highest BCUT2D eigenvalue weighted by atomic mass is 32.1. The van der Waals surface area contributed by atoms with Gasteiger partial charge in [0.15, 0.2) is 10.9 Å². The average molecular weight is 203 g/mol. The zero-order chi connectivity index (χ0) is 9.68. The Morgan fingerprint density at radius 2 is 2.54 bits per heavy atom. The van der Waals surface area contributed by atoms with Crippen molar-refractivity contribution in [2.75, 3.05) is 6.54 Å². The van der Waals surface area contributed by atoms with Gasteiger partial charge in [-0.2, -0.15) is 0 Å². The van der Waals surface area contributed by atoms with E-state index in [1.165, 1.54) is 0 Å². The Hall–Kier alpha value is -1.41. The molecule has 0 spiro atoms. The summed E-state index contributed by atoms with van der Waals surface area (Å²) >= 11 is 4.71. The van der Waals surface area contributed by atoms with E-state index in [4.69, 9.17) is 18.1 Å². The van der Waals surface area contributed by atoms with Crippen molar-refractivity contribution in [2.45, 2.75) is 6.42 Å². The lowest BCUT2D eigenvalue weighted by Gasteiger charge is -2.03. The van der Waals surface area contributed by atoms with Gasteiger partial charge in [0.05, 0.1) is 0 Å². The first-order valence-electron chi connectivity index (χ1n) is 3.51. The fourth-order valence-corrected chi connectivity index (χ4v) is 0.816. The summed E-state index contributed by atoms with van der Waals surface area (Å²) in [6, 6.07) is 0. The van der Waals surface area contributed by atoms with E-state index in [1.54, 1.807) is 0 Å². The van der Waals surface area contributed by atoms with E-state index < -0.39 is 5.76 Å². The molecule has 0 fully saturated rings. The molecule has 0 amide bonds. The minimum atomic E-state index is -0.561. The molecule has 7 nitrogen and oxygen atoms in total. The van der Waals surface area contributed by atoms with Crippen molar-refractivity contribution in [3.63, 3.8) is 0 Å². The highest BCUT2D eigenvalue weighted by Gasteiger charge is 1.99. The smallest absolute Gasteiger partial charge is 0.361 e. The molecule has 0 bridgehead atoms. The standard InChI is InChI=1S/C5H9N5O2S/c6-9-4(13)7-2-1-3-8-5(11)12-10-3/h1-2,6H2,(H2,7,9,13)(H,8,10,11). The number of aromatic amines is 1. The van der Waals surface area contributed by atoms with Crippen LogP contribution in [0.15, 0.2) is 9.32 Å². The van der Waals surface area contributed by atoms with Gasteiger partial charge in [0.2, 0.25) is 0 Å². The SMILES string of the molecule is NNC(=S)NCCc1noc(=O)[nH]1. The zero-order valence-electron chi connectivity index (χ0n) is 6.66. The first-order valence-corrected chi connectivity index (χ1v) is 3.92. The predicted octanol–water partition coefficient (Wildman–Crippen LogP) is -1.76. The second-order valence-corrected chi connectivity index (χ2v) is 2.60. The molecule has 0 saturated carbocycles. The molecule has 13 heavy (non-hydrogen) atoms. The molecule has 0 radical (unpaired) electrons. The van der Waals surface area contributed by atoms with Crippen LogP contribution in [0.1, 0.15) is 5.82 Å². The van der Waals surface area contributed by atoms with Crippen molar-refractivity contribution < 1.29 is 4.52 Å². The Kier molecular flexibility index (Phi) is 3.41. The number of nitrogens with two attached hydrogens (primary N) is 1. The molecule has 0 aliphatic rings. The summed E-state index contributed by atoms with van der Waals surface area (Å²) in [6.45, 7) is 0.519. The van der Waals surface area contributed by atoms with E-state index in [-0.39, 0.29) is 0 Å². The van der Waals surface area contributed by atoms with Gasteiger partial charge < -0.3 is 10.7 Å². The monoisotopic (exact) mass is 203 g/mol. The van der Waals surface area contributed by atoms with E-state index in [0.717, 1.165) is 0 Å². The molecule has 0 aliphatic heterocycles. The Morgan fingerprint density at radius 1 is 1.77 bits per heavy atom. The number of H-pyrrole nitrogens is 1. The van der Waals surface area contributed by atoms with Gasteiger partial charge in [-0.25, -0.2) is 10.6 Å². The summed E-state index contributed by atoms with van der Waals surface area (Å²) in [4.78, 5) is 12.9. The molecule has 0 aromatic carbocycles. The lowest BCUT2D eigenvalue weighted by atomic mass is 10.4. The molecule has 0 atom stereocenters. The van der Waals surface area contributed by atoms with Gasteiger partial charge in [-0.1, -0.05) is 5.16 Å². The number of hydrogen-bond donors (Lipinski definition) is 4. The average Bonchev–Trinajstić information content (AvgIpc) is 2.51. The fourth-order valence-electron chi connectivity index (χ4n) is 0.714. The van der Waals surface area contributed by atoms with E-state index in [9.17, 15) is 4.79 Å². The maximum Gasteiger partial charge on any atom is 0.438 e. The van der Waals surface area contributed by atoms with Crippen LogP contribution in [0.2, 0.25) is 0 Å². The fraction of sp³-hybridized carbons (Fsp3) is 0.400. The first kappa shape index (κ1) is 9.68. The molecule has 1 aromatic heterocycles. The van der Waals surface area contributed by atoms with Crippen molar-refractivity contribution in [1.29, 1.82) is 0 Å². The maximum absolute atomic E-state index is 10.5. The highest BCUT2D eigenvalue weighted by Crippen LogP contribution is 1.83. The van der Waals surface area contributed by atoms with Crippen LogP contribution in [0.3, 0.4) is 0 Å². The highest BCUT2D eigenvalue weighted by molar-refractivity contribution is 7.80. The minimum Gasteiger partial charge on any atom is -0.361 e. The first-order chi connectivity index (χ1) is 6.22. The molecule has 72 valence electrons. The number of nitrogens with one attached hydrogen (secondary N) is 3. The molecular formula is C5H9N5O2S. The normalized spacial score (nSPS) is 9.62. The van der Waals surface area contributed by atoms with E-state index >= 15 is 0 Å². The van der Waals surface area contributed by atoms with Crippen molar-refractivity contribution in [1.82, 2.24) is 20.9 Å². The van der Waals surface area contributed by atoms with Crippen LogP contribution in [0.25, 0.3) is 0 Å². The van der Waals surface area contributed by atoms with Crippen LogP contribution >= 0.6 is 12.2 Å². The van der Waals surface area contributed by atoms with Crippen molar-refractivity contribution in [2.24, 2.45) is 5.84 Å². The Labute approximate surface area is 78.6 Å². The van der Waals surface area contributed by atoms with Crippen LogP contribution in [0.5, 0.6) is 0 Å². The number of thiocarbonyl (C=S) groups is 1. The molecule has 5 N–H and O–H groups in total. The molecule has 1 aromatic rings.